The van der Waals surface area contributed by atoms with Crippen molar-refractivity contribution in [1.29, 1.82) is 0 Å². The van der Waals surface area contributed by atoms with E-state index in [2.05, 4.69) is 15.3 Å². The SMILES string of the molecule is CC(CNC(=O)C(O)C(N)CC1CCCCC1)(c1ncc[nH]1)[N+](=O)[O-]. The van der Waals surface area contributed by atoms with Crippen molar-refractivity contribution >= 4 is 5.91 Å². The number of aromatic amines is 1. The molecule has 2 rings (SSSR count). The largest absolute Gasteiger partial charge is 0.382 e. The van der Waals surface area contributed by atoms with Gasteiger partial charge >= 0.3 is 0 Å². The molecular weight excluding hydrogens is 326 g/mol. The molecule has 0 aliphatic heterocycles. The molecule has 1 fully saturated rings. The smallest absolute Gasteiger partial charge is 0.292 e. The molecule has 3 atom stereocenters. The average Bonchev–Trinajstić information content (AvgIpc) is 3.14. The first-order valence-corrected chi connectivity index (χ1v) is 8.70. The van der Waals surface area contributed by atoms with Gasteiger partial charge in [0.25, 0.3) is 11.4 Å². The highest BCUT2D eigenvalue weighted by Crippen LogP contribution is 2.27. The lowest BCUT2D eigenvalue weighted by Crippen LogP contribution is -2.51. The second-order valence-corrected chi connectivity index (χ2v) is 7.03. The third-order valence-corrected chi connectivity index (χ3v) is 5.02. The molecule has 5 N–H and O–H groups in total. The van der Waals surface area contributed by atoms with Gasteiger partial charge in [-0.15, -0.1) is 0 Å². The second kappa shape index (κ2) is 8.39. The zero-order valence-corrected chi connectivity index (χ0v) is 14.5. The number of imidazole rings is 1. The predicted molar refractivity (Wildman–Crippen MR) is 91.1 cm³/mol. The molecular formula is C16H27N5O4. The van der Waals surface area contributed by atoms with Crippen molar-refractivity contribution in [3.8, 4) is 0 Å². The number of carbonyl (C=O) groups is 1. The standard InChI is InChI=1S/C16H27N5O4/c1-16(21(24)25,15-18-7-8-19-15)10-20-14(23)13(22)12(17)9-11-5-3-2-4-6-11/h7-8,11-13,22H,2-6,9-10,17H2,1H3,(H,18,19)(H,20,23). The molecule has 3 unspecified atom stereocenters. The van der Waals surface area contributed by atoms with Gasteiger partial charge in [0.15, 0.2) is 5.82 Å². The van der Waals surface area contributed by atoms with E-state index in [1.165, 1.54) is 25.7 Å². The zero-order valence-electron chi connectivity index (χ0n) is 14.5. The molecule has 1 aliphatic rings. The number of carbonyl (C=O) groups excluding carboxylic acids is 1. The number of nitrogens with zero attached hydrogens (tertiary/aromatic N) is 2. The van der Waals surface area contributed by atoms with Crippen LogP contribution in [-0.4, -0.2) is 44.6 Å². The molecule has 1 amide bonds. The van der Waals surface area contributed by atoms with Crippen molar-refractivity contribution in [3.63, 3.8) is 0 Å². The lowest BCUT2D eigenvalue weighted by molar-refractivity contribution is -0.573. The first-order valence-electron chi connectivity index (χ1n) is 8.70. The molecule has 140 valence electrons. The van der Waals surface area contributed by atoms with Crippen molar-refractivity contribution in [2.75, 3.05) is 6.54 Å². The molecule has 1 aromatic rings. The topological polar surface area (TPSA) is 147 Å². The number of aliphatic hydroxyl groups is 1. The van der Waals surface area contributed by atoms with Gasteiger partial charge in [-0.1, -0.05) is 32.1 Å². The first kappa shape index (κ1) is 19.3. The van der Waals surface area contributed by atoms with Crippen LogP contribution in [0.5, 0.6) is 0 Å². The Labute approximate surface area is 146 Å². The maximum absolute atomic E-state index is 12.2. The average molecular weight is 353 g/mol. The summed E-state index contributed by atoms with van der Waals surface area (Å²) in [6.07, 6.45) is 7.77. The van der Waals surface area contributed by atoms with Crippen molar-refractivity contribution in [1.82, 2.24) is 15.3 Å². The Hall–Kier alpha value is -2.00. The van der Waals surface area contributed by atoms with Gasteiger partial charge in [-0.2, -0.15) is 0 Å². The van der Waals surface area contributed by atoms with Crippen LogP contribution in [0.2, 0.25) is 0 Å². The Kier molecular flexibility index (Phi) is 6.49. The molecule has 0 bridgehead atoms. The number of rotatable bonds is 8. The Morgan fingerprint density at radius 2 is 2.24 bits per heavy atom. The van der Waals surface area contributed by atoms with E-state index in [9.17, 15) is 20.0 Å². The van der Waals surface area contributed by atoms with Crippen LogP contribution in [0.25, 0.3) is 0 Å². The van der Waals surface area contributed by atoms with E-state index >= 15 is 0 Å². The Morgan fingerprint density at radius 3 is 2.80 bits per heavy atom. The number of H-pyrrole nitrogens is 1. The summed E-state index contributed by atoms with van der Waals surface area (Å²) in [7, 11) is 0. The summed E-state index contributed by atoms with van der Waals surface area (Å²) in [4.78, 5) is 29.7. The van der Waals surface area contributed by atoms with Crippen LogP contribution in [0.15, 0.2) is 12.4 Å². The molecule has 25 heavy (non-hydrogen) atoms. The molecule has 1 saturated carbocycles. The van der Waals surface area contributed by atoms with Gasteiger partial charge in [-0.25, -0.2) is 4.98 Å². The zero-order chi connectivity index (χ0) is 18.4. The highest BCUT2D eigenvalue weighted by molar-refractivity contribution is 5.81. The molecule has 1 heterocycles. The first-order chi connectivity index (χ1) is 11.8. The van der Waals surface area contributed by atoms with Crippen molar-refractivity contribution in [2.45, 2.75) is 63.1 Å². The number of amides is 1. The lowest BCUT2D eigenvalue weighted by atomic mass is 9.84. The Balaban J connectivity index is 1.90. The molecule has 1 aromatic heterocycles. The molecule has 9 nitrogen and oxygen atoms in total. The van der Waals surface area contributed by atoms with Crippen LogP contribution in [0.4, 0.5) is 0 Å². The molecule has 9 heteroatoms. The summed E-state index contributed by atoms with van der Waals surface area (Å²) in [5, 5.41) is 24.0. The Morgan fingerprint density at radius 1 is 1.56 bits per heavy atom. The van der Waals surface area contributed by atoms with E-state index in [-0.39, 0.29) is 12.4 Å². The fourth-order valence-corrected chi connectivity index (χ4v) is 3.29. The van der Waals surface area contributed by atoms with Gasteiger partial charge in [0.05, 0.1) is 6.54 Å². The number of hydrogen-bond donors (Lipinski definition) is 4. The van der Waals surface area contributed by atoms with Gasteiger partial charge < -0.3 is 21.1 Å². The van der Waals surface area contributed by atoms with Crippen LogP contribution in [0.3, 0.4) is 0 Å². The molecule has 0 radical (unpaired) electrons. The Bertz CT molecular complexity index is 573. The quantitative estimate of drug-likeness (QED) is 0.399. The van der Waals surface area contributed by atoms with Gasteiger partial charge in [0, 0.05) is 30.3 Å². The normalized spacial score (nSPS) is 20.4. The third-order valence-electron chi connectivity index (χ3n) is 5.02. The van der Waals surface area contributed by atoms with E-state index in [1.807, 2.05) is 0 Å². The molecule has 0 saturated heterocycles. The maximum atomic E-state index is 12.2. The fraction of sp³-hybridized carbons (Fsp3) is 0.750. The van der Waals surface area contributed by atoms with Crippen LogP contribution in [-0.2, 0) is 10.3 Å². The highest BCUT2D eigenvalue weighted by Gasteiger charge is 2.43. The van der Waals surface area contributed by atoms with E-state index in [1.54, 1.807) is 0 Å². The van der Waals surface area contributed by atoms with Gasteiger partial charge in [0.2, 0.25) is 0 Å². The van der Waals surface area contributed by atoms with E-state index in [0.717, 1.165) is 25.7 Å². The minimum absolute atomic E-state index is 0.138. The number of nitrogens with two attached hydrogens (primary N) is 1. The van der Waals surface area contributed by atoms with Crippen molar-refractivity contribution in [2.24, 2.45) is 11.7 Å². The number of nitro groups is 1. The van der Waals surface area contributed by atoms with Crippen LogP contribution in [0, 0.1) is 16.0 Å². The third kappa shape index (κ3) is 4.76. The van der Waals surface area contributed by atoms with Crippen LogP contribution >= 0.6 is 0 Å². The minimum Gasteiger partial charge on any atom is -0.382 e. The monoisotopic (exact) mass is 353 g/mol. The molecule has 0 spiro atoms. The maximum Gasteiger partial charge on any atom is 0.292 e. The number of hydrogen-bond acceptors (Lipinski definition) is 6. The van der Waals surface area contributed by atoms with Crippen molar-refractivity contribution < 1.29 is 14.8 Å². The molecule has 0 aromatic carbocycles. The summed E-state index contributed by atoms with van der Waals surface area (Å²) in [6.45, 7) is 1.07. The van der Waals surface area contributed by atoms with Gasteiger partial charge in [0.1, 0.15) is 6.10 Å². The second-order valence-electron chi connectivity index (χ2n) is 7.03. The highest BCUT2D eigenvalue weighted by atomic mass is 16.6. The van der Waals surface area contributed by atoms with E-state index in [4.69, 9.17) is 5.73 Å². The van der Waals surface area contributed by atoms with E-state index in [0.29, 0.717) is 12.3 Å². The fourth-order valence-electron chi connectivity index (χ4n) is 3.29. The summed E-state index contributed by atoms with van der Waals surface area (Å²) >= 11 is 0. The number of nitrogens with one attached hydrogen (secondary N) is 2. The summed E-state index contributed by atoms with van der Waals surface area (Å²) in [5.74, 6) is -0.125. The van der Waals surface area contributed by atoms with E-state index < -0.39 is 28.5 Å². The summed E-state index contributed by atoms with van der Waals surface area (Å²) in [5.41, 5.74) is 4.37. The van der Waals surface area contributed by atoms with Crippen LogP contribution in [0.1, 0.15) is 51.3 Å². The number of aliphatic hydroxyl groups excluding tert-OH is 1. The van der Waals surface area contributed by atoms with Gasteiger partial charge in [-0.3, -0.25) is 14.9 Å². The number of aromatic nitrogens is 2. The summed E-state index contributed by atoms with van der Waals surface area (Å²) in [6, 6.07) is -0.673. The van der Waals surface area contributed by atoms with Crippen molar-refractivity contribution in [3.05, 3.63) is 28.3 Å². The predicted octanol–water partition coefficient (Wildman–Crippen LogP) is 0.676. The van der Waals surface area contributed by atoms with Gasteiger partial charge in [-0.05, 0) is 12.3 Å². The van der Waals surface area contributed by atoms with Crippen LogP contribution < -0.4 is 11.1 Å². The summed E-state index contributed by atoms with van der Waals surface area (Å²) < 4.78 is 0. The lowest BCUT2D eigenvalue weighted by Gasteiger charge is -2.27. The molecule has 1 aliphatic carbocycles. The minimum atomic E-state index is -1.60.